The summed E-state index contributed by atoms with van der Waals surface area (Å²) in [5.74, 6) is 3.27. The summed E-state index contributed by atoms with van der Waals surface area (Å²) in [4.78, 5) is 19.4. The second kappa shape index (κ2) is 5.36. The molecule has 1 aromatic heterocycles. The largest absolute Gasteiger partial charge is 0.341 e. The molecule has 2 saturated carbocycles. The van der Waals surface area contributed by atoms with Crippen LogP contribution >= 0.6 is 0 Å². The van der Waals surface area contributed by atoms with E-state index in [0.29, 0.717) is 17.7 Å². The van der Waals surface area contributed by atoms with Gasteiger partial charge in [-0.2, -0.15) is 5.10 Å². The minimum atomic E-state index is 0.242. The minimum absolute atomic E-state index is 0.242. The molecule has 22 heavy (non-hydrogen) atoms. The molecular formula is C17H26N4O. The Bertz CT molecular complexity index is 557. The molecule has 0 aromatic carbocycles. The molecular weight excluding hydrogens is 276 g/mol. The molecule has 1 spiro atoms. The number of carbonyl (C=O) groups excluding carboxylic acids is 1. The van der Waals surface area contributed by atoms with Crippen molar-refractivity contribution in [3.63, 3.8) is 0 Å². The maximum atomic E-state index is 12.6. The Morgan fingerprint density at radius 1 is 1.36 bits per heavy atom. The van der Waals surface area contributed by atoms with Gasteiger partial charge < -0.3 is 4.90 Å². The first-order chi connectivity index (χ1) is 10.7. The van der Waals surface area contributed by atoms with Crippen LogP contribution in [0, 0.1) is 11.3 Å². The van der Waals surface area contributed by atoms with Gasteiger partial charge >= 0.3 is 0 Å². The molecule has 1 saturated heterocycles. The number of aromatic amines is 1. The van der Waals surface area contributed by atoms with E-state index in [2.05, 4.69) is 22.0 Å². The van der Waals surface area contributed by atoms with Gasteiger partial charge in [0.1, 0.15) is 5.82 Å². The van der Waals surface area contributed by atoms with Crippen LogP contribution in [0.4, 0.5) is 0 Å². The number of hydrogen-bond donors (Lipinski definition) is 1. The zero-order valence-corrected chi connectivity index (χ0v) is 13.5. The van der Waals surface area contributed by atoms with Crippen molar-refractivity contribution in [2.45, 2.75) is 64.2 Å². The lowest BCUT2D eigenvalue weighted by atomic mass is 9.76. The minimum Gasteiger partial charge on any atom is -0.341 e. The molecule has 5 heteroatoms. The number of carbonyl (C=O) groups is 1. The average Bonchev–Trinajstić information content (AvgIpc) is 2.98. The van der Waals surface area contributed by atoms with Crippen LogP contribution in [0.1, 0.15) is 69.4 Å². The van der Waals surface area contributed by atoms with Crippen LogP contribution < -0.4 is 0 Å². The van der Waals surface area contributed by atoms with E-state index in [1.807, 2.05) is 0 Å². The zero-order chi connectivity index (χ0) is 15.2. The van der Waals surface area contributed by atoms with Gasteiger partial charge in [0.2, 0.25) is 5.91 Å². The molecule has 3 fully saturated rings. The highest BCUT2D eigenvalue weighted by atomic mass is 16.2. The van der Waals surface area contributed by atoms with Gasteiger partial charge in [-0.1, -0.05) is 19.8 Å². The Hall–Kier alpha value is -1.39. The van der Waals surface area contributed by atoms with E-state index in [9.17, 15) is 4.79 Å². The lowest BCUT2D eigenvalue weighted by Crippen LogP contribution is -2.31. The Morgan fingerprint density at radius 3 is 2.77 bits per heavy atom. The number of likely N-dealkylation sites (tertiary alicyclic amines) is 1. The zero-order valence-electron chi connectivity index (χ0n) is 13.5. The lowest BCUT2D eigenvalue weighted by molar-refractivity contribution is -0.130. The first-order valence-electron chi connectivity index (χ1n) is 8.89. The number of rotatable bonds is 4. The van der Waals surface area contributed by atoms with Crippen LogP contribution in [0.15, 0.2) is 0 Å². The summed E-state index contributed by atoms with van der Waals surface area (Å²) in [6, 6.07) is 0. The topological polar surface area (TPSA) is 61.9 Å². The average molecular weight is 302 g/mol. The highest BCUT2D eigenvalue weighted by Crippen LogP contribution is 2.53. The monoisotopic (exact) mass is 302 g/mol. The summed E-state index contributed by atoms with van der Waals surface area (Å²) in [6.07, 6.45) is 9.15. The van der Waals surface area contributed by atoms with Gasteiger partial charge in [0.05, 0.1) is 0 Å². The number of H-pyrrole nitrogens is 1. The molecule has 1 atom stereocenters. The fraction of sp³-hybridized carbons (Fsp3) is 0.824. The number of amides is 1. The molecule has 1 aromatic rings. The first kappa shape index (κ1) is 14.2. The van der Waals surface area contributed by atoms with Crippen LogP contribution in [0.2, 0.25) is 0 Å². The van der Waals surface area contributed by atoms with Crippen molar-refractivity contribution in [3.05, 3.63) is 11.6 Å². The van der Waals surface area contributed by atoms with Gasteiger partial charge in [-0.15, -0.1) is 0 Å². The van der Waals surface area contributed by atoms with Crippen molar-refractivity contribution < 1.29 is 4.79 Å². The molecule has 2 aliphatic carbocycles. The van der Waals surface area contributed by atoms with Gasteiger partial charge in [-0.25, -0.2) is 4.98 Å². The molecule has 4 rings (SSSR count). The van der Waals surface area contributed by atoms with Crippen LogP contribution in [0.5, 0.6) is 0 Å². The third kappa shape index (κ3) is 2.44. The van der Waals surface area contributed by atoms with E-state index in [4.69, 9.17) is 4.98 Å². The normalized spacial score (nSPS) is 27.0. The fourth-order valence-corrected chi connectivity index (χ4v) is 4.42. The van der Waals surface area contributed by atoms with E-state index in [-0.39, 0.29) is 5.41 Å². The highest BCUT2D eigenvalue weighted by Gasteiger charge is 2.51. The molecule has 2 heterocycles. The third-order valence-electron chi connectivity index (χ3n) is 5.96. The number of aryl methyl sites for hydroxylation is 1. The molecule has 3 aliphatic rings. The standard InChI is InChI=1S/C17H26N4O/c1-2-14-18-16(20-19-14)13-10-21(15(22)9-12-5-6-12)11-17(13)7-3-4-8-17/h12-13H,2-11H2,1H3,(H,18,19,20). The molecule has 1 aliphatic heterocycles. The van der Waals surface area contributed by atoms with E-state index in [1.165, 1.54) is 38.5 Å². The molecule has 0 bridgehead atoms. The van der Waals surface area contributed by atoms with E-state index in [1.54, 1.807) is 0 Å². The predicted molar refractivity (Wildman–Crippen MR) is 83.3 cm³/mol. The number of aromatic nitrogens is 3. The van der Waals surface area contributed by atoms with Gasteiger partial charge in [-0.3, -0.25) is 9.89 Å². The summed E-state index contributed by atoms with van der Waals surface area (Å²) in [5.41, 5.74) is 0.242. The van der Waals surface area contributed by atoms with Gasteiger partial charge in [-0.05, 0) is 37.0 Å². The SMILES string of the molecule is CCc1nc(C2CN(C(=O)CC3CC3)CC23CCCC3)n[nH]1. The van der Waals surface area contributed by atoms with Gasteiger partial charge in [0.15, 0.2) is 5.82 Å². The highest BCUT2D eigenvalue weighted by molar-refractivity contribution is 5.77. The van der Waals surface area contributed by atoms with Crippen molar-refractivity contribution in [3.8, 4) is 0 Å². The Balaban J connectivity index is 1.56. The Labute approximate surface area is 131 Å². The van der Waals surface area contributed by atoms with E-state index in [0.717, 1.165) is 37.6 Å². The van der Waals surface area contributed by atoms with Crippen LogP contribution in [-0.2, 0) is 11.2 Å². The second-order valence-corrected chi connectivity index (χ2v) is 7.54. The maximum Gasteiger partial charge on any atom is 0.222 e. The van der Waals surface area contributed by atoms with Crippen molar-refractivity contribution in [1.29, 1.82) is 0 Å². The smallest absolute Gasteiger partial charge is 0.222 e. The molecule has 1 unspecified atom stereocenters. The second-order valence-electron chi connectivity index (χ2n) is 7.54. The van der Waals surface area contributed by atoms with E-state index < -0.39 is 0 Å². The third-order valence-corrected chi connectivity index (χ3v) is 5.96. The molecule has 1 N–H and O–H groups in total. The van der Waals surface area contributed by atoms with Gasteiger partial charge in [0, 0.05) is 31.8 Å². The van der Waals surface area contributed by atoms with Gasteiger partial charge in [0.25, 0.3) is 0 Å². The summed E-state index contributed by atoms with van der Waals surface area (Å²) in [7, 11) is 0. The van der Waals surface area contributed by atoms with Crippen molar-refractivity contribution in [2.24, 2.45) is 11.3 Å². The quantitative estimate of drug-likeness (QED) is 0.930. The molecule has 0 radical (unpaired) electrons. The Morgan fingerprint density at radius 2 is 2.14 bits per heavy atom. The summed E-state index contributed by atoms with van der Waals surface area (Å²) >= 11 is 0. The molecule has 120 valence electrons. The fourth-order valence-electron chi connectivity index (χ4n) is 4.42. The summed E-state index contributed by atoms with van der Waals surface area (Å²) in [5, 5.41) is 7.54. The van der Waals surface area contributed by atoms with Crippen molar-refractivity contribution >= 4 is 5.91 Å². The summed E-state index contributed by atoms with van der Waals surface area (Å²) < 4.78 is 0. The molecule has 1 amide bonds. The van der Waals surface area contributed by atoms with Crippen LogP contribution in [-0.4, -0.2) is 39.1 Å². The maximum absolute atomic E-state index is 12.6. The first-order valence-corrected chi connectivity index (χ1v) is 8.89. The lowest BCUT2D eigenvalue weighted by Gasteiger charge is -2.27. The van der Waals surface area contributed by atoms with Crippen LogP contribution in [0.25, 0.3) is 0 Å². The summed E-state index contributed by atoms with van der Waals surface area (Å²) in [6.45, 7) is 3.85. The van der Waals surface area contributed by atoms with Crippen molar-refractivity contribution in [1.82, 2.24) is 20.1 Å². The van der Waals surface area contributed by atoms with E-state index >= 15 is 0 Å². The Kier molecular flexibility index (Phi) is 3.46. The van der Waals surface area contributed by atoms with Crippen molar-refractivity contribution in [2.75, 3.05) is 13.1 Å². The molecule has 5 nitrogen and oxygen atoms in total. The number of nitrogens with one attached hydrogen (secondary N) is 1. The predicted octanol–water partition coefficient (Wildman–Crippen LogP) is 2.65. The van der Waals surface area contributed by atoms with Crippen LogP contribution in [0.3, 0.4) is 0 Å². The number of nitrogens with zero attached hydrogens (tertiary/aromatic N) is 3. The number of hydrogen-bond acceptors (Lipinski definition) is 3.